The zero-order chi connectivity index (χ0) is 30.0. The number of carbonyl (C=O) groups excluding carboxylic acids is 1. The predicted molar refractivity (Wildman–Crippen MR) is 174 cm³/mol. The van der Waals surface area contributed by atoms with Crippen LogP contribution in [0.5, 0.6) is 0 Å². The first-order valence-corrected chi connectivity index (χ1v) is 17.6. The van der Waals surface area contributed by atoms with Crippen LogP contribution < -0.4 is 10.4 Å². The van der Waals surface area contributed by atoms with Crippen molar-refractivity contribution in [2.24, 2.45) is 0 Å². The lowest BCUT2D eigenvalue weighted by molar-refractivity contribution is -0.0119. The third kappa shape index (κ3) is 7.52. The first-order valence-electron chi connectivity index (χ1n) is 15.7. The van der Waals surface area contributed by atoms with E-state index >= 15 is 0 Å². The van der Waals surface area contributed by atoms with E-state index in [0.29, 0.717) is 0 Å². The van der Waals surface area contributed by atoms with E-state index in [9.17, 15) is 9.90 Å². The average molecular weight is 588 g/mol. The van der Waals surface area contributed by atoms with Crippen LogP contribution in [0, 0.1) is 0 Å². The molecule has 6 heteroatoms. The van der Waals surface area contributed by atoms with Crippen LogP contribution in [0.1, 0.15) is 78.2 Å². The van der Waals surface area contributed by atoms with Gasteiger partial charge in [0.2, 0.25) is 0 Å². The van der Waals surface area contributed by atoms with Gasteiger partial charge in [0.1, 0.15) is 6.61 Å². The highest BCUT2D eigenvalue weighted by Crippen LogP contribution is 2.40. The van der Waals surface area contributed by atoms with Crippen LogP contribution in [0.25, 0.3) is 0 Å². The SMILES string of the molecule is C[C@H]1[C@@H](O[Si](c2ccccc2)(c2ccccc2)C(C)(C)C)CC[C@@H](CCCCCCO)N1C(=O)OCc1ccccc1. The van der Waals surface area contributed by atoms with Gasteiger partial charge in [-0.1, -0.05) is 131 Å². The fraction of sp³-hybridized carbons (Fsp3) is 0.472. The molecule has 0 radical (unpaired) electrons. The number of aliphatic hydroxyl groups excluding tert-OH is 1. The van der Waals surface area contributed by atoms with E-state index in [2.05, 4.69) is 88.4 Å². The highest BCUT2D eigenvalue weighted by molar-refractivity contribution is 6.99. The summed E-state index contributed by atoms with van der Waals surface area (Å²) in [5.74, 6) is 0. The van der Waals surface area contributed by atoms with Crippen molar-refractivity contribution in [3.8, 4) is 0 Å². The van der Waals surface area contributed by atoms with Crippen molar-refractivity contribution in [2.45, 2.75) is 102 Å². The van der Waals surface area contributed by atoms with Crippen LogP contribution in [0.3, 0.4) is 0 Å². The molecule has 0 aromatic heterocycles. The number of unbranched alkanes of at least 4 members (excludes halogenated alkanes) is 3. The van der Waals surface area contributed by atoms with Gasteiger partial charge in [-0.05, 0) is 53.6 Å². The summed E-state index contributed by atoms with van der Waals surface area (Å²) in [6.45, 7) is 9.53. The van der Waals surface area contributed by atoms with Crippen LogP contribution in [0.2, 0.25) is 5.04 Å². The van der Waals surface area contributed by atoms with Crippen molar-refractivity contribution in [1.82, 2.24) is 4.90 Å². The first kappa shape index (κ1) is 32.0. The molecule has 0 saturated carbocycles. The van der Waals surface area contributed by atoms with Gasteiger partial charge in [-0.15, -0.1) is 0 Å². The van der Waals surface area contributed by atoms with Gasteiger partial charge >= 0.3 is 6.09 Å². The maximum absolute atomic E-state index is 13.8. The number of amides is 1. The highest BCUT2D eigenvalue weighted by atomic mass is 28.4. The summed E-state index contributed by atoms with van der Waals surface area (Å²) in [5.41, 5.74) is 0.983. The van der Waals surface area contributed by atoms with Gasteiger partial charge in [0.15, 0.2) is 0 Å². The molecule has 1 fully saturated rings. The van der Waals surface area contributed by atoms with E-state index in [4.69, 9.17) is 9.16 Å². The molecule has 1 saturated heterocycles. The Bertz CT molecular complexity index is 1180. The van der Waals surface area contributed by atoms with E-state index in [-0.39, 0.29) is 42.5 Å². The maximum Gasteiger partial charge on any atom is 0.410 e. The Morgan fingerprint density at radius 3 is 1.93 bits per heavy atom. The number of rotatable bonds is 12. The lowest BCUT2D eigenvalue weighted by Gasteiger charge is -2.50. The van der Waals surface area contributed by atoms with Gasteiger partial charge in [0, 0.05) is 12.6 Å². The summed E-state index contributed by atoms with van der Waals surface area (Å²) < 4.78 is 13.5. The predicted octanol–water partition coefficient (Wildman–Crippen LogP) is 7.06. The Hall–Kier alpha value is -2.93. The Kier molecular flexibility index (Phi) is 11.4. The number of nitrogens with zero attached hydrogens (tertiary/aromatic N) is 1. The first-order chi connectivity index (χ1) is 20.3. The number of ether oxygens (including phenoxy) is 1. The smallest absolute Gasteiger partial charge is 0.410 e. The number of benzene rings is 3. The molecule has 0 unspecified atom stereocenters. The molecule has 1 aliphatic rings. The van der Waals surface area contributed by atoms with Gasteiger partial charge in [0.05, 0.1) is 12.1 Å². The molecule has 3 aromatic rings. The van der Waals surface area contributed by atoms with Crippen molar-refractivity contribution in [3.05, 3.63) is 96.6 Å². The minimum Gasteiger partial charge on any atom is -0.445 e. The van der Waals surface area contributed by atoms with Gasteiger partial charge in [-0.2, -0.15) is 0 Å². The van der Waals surface area contributed by atoms with E-state index in [1.807, 2.05) is 35.2 Å². The van der Waals surface area contributed by atoms with Crippen LogP contribution in [0.4, 0.5) is 4.79 Å². The second-order valence-corrected chi connectivity index (χ2v) is 16.9. The van der Waals surface area contributed by atoms with E-state index < -0.39 is 8.32 Å². The minimum atomic E-state index is -2.78. The molecule has 5 nitrogen and oxygen atoms in total. The second-order valence-electron chi connectivity index (χ2n) is 12.7. The molecule has 42 heavy (non-hydrogen) atoms. The molecule has 1 aliphatic heterocycles. The van der Waals surface area contributed by atoms with Gasteiger partial charge < -0.3 is 14.3 Å². The number of likely N-dealkylation sites (tertiary alicyclic amines) is 1. The van der Waals surface area contributed by atoms with E-state index in [0.717, 1.165) is 50.5 Å². The minimum absolute atomic E-state index is 0.108. The van der Waals surface area contributed by atoms with Crippen LogP contribution in [-0.4, -0.2) is 49.2 Å². The summed E-state index contributed by atoms with van der Waals surface area (Å²) in [4.78, 5) is 15.8. The molecule has 1 amide bonds. The lowest BCUT2D eigenvalue weighted by atomic mass is 9.91. The van der Waals surface area contributed by atoms with Crippen LogP contribution in [0.15, 0.2) is 91.0 Å². The molecule has 1 N–H and O–H groups in total. The highest BCUT2D eigenvalue weighted by Gasteiger charge is 2.53. The van der Waals surface area contributed by atoms with Crippen LogP contribution >= 0.6 is 0 Å². The molecule has 0 aliphatic carbocycles. The number of carbonyl (C=O) groups is 1. The summed E-state index contributed by atoms with van der Waals surface area (Å²) in [6.07, 6.45) is 6.26. The number of aliphatic hydroxyl groups is 1. The maximum atomic E-state index is 13.8. The largest absolute Gasteiger partial charge is 0.445 e. The Morgan fingerprint density at radius 2 is 1.38 bits per heavy atom. The quantitative estimate of drug-likeness (QED) is 0.182. The Labute approximate surface area is 254 Å². The normalized spacial score (nSPS) is 19.5. The Morgan fingerprint density at radius 1 is 0.833 bits per heavy atom. The molecular weight excluding hydrogens is 538 g/mol. The number of hydrogen-bond acceptors (Lipinski definition) is 4. The lowest BCUT2D eigenvalue weighted by Crippen LogP contribution is -2.70. The summed E-state index contributed by atoms with van der Waals surface area (Å²) in [6, 6.07) is 31.3. The van der Waals surface area contributed by atoms with E-state index in [1.165, 1.54) is 10.4 Å². The summed E-state index contributed by atoms with van der Waals surface area (Å²) >= 11 is 0. The standard InChI is InChI=1S/C36H49NO4Si/c1-29-34(41-42(36(2,3)4,32-21-13-8-14-22-32)33-23-15-9-16-24-33)26-25-31(20-12-5-6-17-27-38)37(29)35(39)40-28-30-18-10-7-11-19-30/h7-11,13-16,18-19,21-24,29,31,34,38H,5-6,12,17,20,25-28H2,1-4H3/t29-,31+,34-/m0/s1. The van der Waals surface area contributed by atoms with Crippen molar-refractivity contribution in [1.29, 1.82) is 0 Å². The van der Waals surface area contributed by atoms with E-state index in [1.54, 1.807) is 0 Å². The molecule has 0 spiro atoms. The van der Waals surface area contributed by atoms with Crippen LogP contribution in [-0.2, 0) is 15.8 Å². The zero-order valence-electron chi connectivity index (χ0n) is 25.9. The zero-order valence-corrected chi connectivity index (χ0v) is 26.9. The van der Waals surface area contributed by atoms with Gasteiger partial charge in [0.25, 0.3) is 8.32 Å². The third-order valence-electron chi connectivity index (χ3n) is 8.76. The molecule has 226 valence electrons. The molecular formula is C36H49NO4Si. The Balaban J connectivity index is 1.63. The third-order valence-corrected chi connectivity index (χ3v) is 13.8. The fourth-order valence-corrected chi connectivity index (χ4v) is 11.3. The topological polar surface area (TPSA) is 59.0 Å². The summed E-state index contributed by atoms with van der Waals surface area (Å²) in [7, 11) is -2.78. The van der Waals surface area contributed by atoms with Crippen molar-refractivity contribution >= 4 is 24.8 Å². The van der Waals surface area contributed by atoms with Crippen molar-refractivity contribution < 1.29 is 19.1 Å². The van der Waals surface area contributed by atoms with Gasteiger partial charge in [-0.3, -0.25) is 4.90 Å². The second kappa shape index (κ2) is 15.0. The number of piperidine rings is 1. The number of hydrogen-bond donors (Lipinski definition) is 1. The molecule has 4 rings (SSSR count). The summed E-state index contributed by atoms with van der Waals surface area (Å²) in [5, 5.41) is 11.5. The molecule has 3 aromatic carbocycles. The molecule has 0 bridgehead atoms. The fourth-order valence-electron chi connectivity index (χ4n) is 6.56. The monoisotopic (exact) mass is 587 g/mol. The molecule has 1 heterocycles. The van der Waals surface area contributed by atoms with Crippen molar-refractivity contribution in [2.75, 3.05) is 6.61 Å². The average Bonchev–Trinajstić information content (AvgIpc) is 3.00. The van der Waals surface area contributed by atoms with Crippen molar-refractivity contribution in [3.63, 3.8) is 0 Å². The van der Waals surface area contributed by atoms with Gasteiger partial charge in [-0.25, -0.2) is 4.79 Å². The molecule has 3 atom stereocenters.